The molecule has 0 amide bonds. The Morgan fingerprint density at radius 1 is 1.50 bits per heavy atom. The molecule has 1 rings (SSSR count). The van der Waals surface area contributed by atoms with Gasteiger partial charge in [-0.1, -0.05) is 0 Å². The van der Waals surface area contributed by atoms with Crippen LogP contribution in [0, 0.1) is 32.8 Å². The third-order valence-electron chi connectivity index (χ3n) is 2.14. The minimum absolute atomic E-state index is 0.0594. The van der Waals surface area contributed by atoms with E-state index in [-0.39, 0.29) is 30.0 Å². The normalized spacial score (nSPS) is 11.1. The van der Waals surface area contributed by atoms with Gasteiger partial charge in [0, 0.05) is 12.5 Å². The van der Waals surface area contributed by atoms with Crippen molar-refractivity contribution in [2.24, 2.45) is 5.73 Å². The number of nitrogens with two attached hydrogens (primary N) is 1. The van der Waals surface area contributed by atoms with Gasteiger partial charge in [-0.15, -0.1) is 0 Å². The Morgan fingerprint density at radius 2 is 2.22 bits per heavy atom. The van der Waals surface area contributed by atoms with Gasteiger partial charge >= 0.3 is 5.69 Å². The molecule has 0 heterocycles. The number of benzene rings is 1. The lowest BCUT2D eigenvalue weighted by molar-refractivity contribution is -0.385. The molecule has 0 aliphatic rings. The summed E-state index contributed by atoms with van der Waals surface area (Å²) in [5.41, 5.74) is 5.27. The van der Waals surface area contributed by atoms with Crippen molar-refractivity contribution >= 4 is 5.69 Å². The predicted octanol–water partition coefficient (Wildman–Crippen LogP) is 1.09. The fourth-order valence-corrected chi connectivity index (χ4v) is 1.21. The number of hydrogen-bond acceptors (Lipinski definition) is 6. The second-order valence-electron chi connectivity index (χ2n) is 3.42. The lowest BCUT2D eigenvalue weighted by atomic mass is 10.2. The van der Waals surface area contributed by atoms with E-state index in [4.69, 9.17) is 21.0 Å². The molecule has 18 heavy (non-hydrogen) atoms. The van der Waals surface area contributed by atoms with Crippen LogP contribution in [-0.4, -0.2) is 17.6 Å². The van der Waals surface area contributed by atoms with Crippen LogP contribution in [0.3, 0.4) is 0 Å². The Hall–Kier alpha value is -2.64. The molecule has 0 spiro atoms. The molecule has 0 saturated carbocycles. The van der Waals surface area contributed by atoms with E-state index in [1.165, 1.54) is 12.1 Å². The number of nitriles is 2. The third-order valence-corrected chi connectivity index (χ3v) is 2.14. The molecule has 0 aliphatic heterocycles. The highest BCUT2D eigenvalue weighted by Gasteiger charge is 2.16. The fraction of sp³-hybridized carbons (Fsp3) is 0.273. The second kappa shape index (κ2) is 6.18. The summed E-state index contributed by atoms with van der Waals surface area (Å²) in [6.45, 7) is 0.0987. The molecule has 0 radical (unpaired) electrons. The first-order valence-electron chi connectivity index (χ1n) is 5.05. The van der Waals surface area contributed by atoms with Gasteiger partial charge in [-0.05, 0) is 12.1 Å². The summed E-state index contributed by atoms with van der Waals surface area (Å²) in [6.07, 6.45) is 0.271. The zero-order chi connectivity index (χ0) is 13.5. The van der Waals surface area contributed by atoms with E-state index in [1.807, 2.05) is 12.1 Å². The largest absolute Gasteiger partial charge is 0.487 e. The Labute approximate surface area is 103 Å². The number of ether oxygens (including phenoxy) is 1. The van der Waals surface area contributed by atoms with Gasteiger partial charge < -0.3 is 10.5 Å². The summed E-state index contributed by atoms with van der Waals surface area (Å²) in [6, 6.07) is 6.89. The molecule has 1 aromatic carbocycles. The molecule has 1 atom stereocenters. The second-order valence-corrected chi connectivity index (χ2v) is 3.42. The van der Waals surface area contributed by atoms with Gasteiger partial charge in [-0.25, -0.2) is 0 Å². The van der Waals surface area contributed by atoms with E-state index in [2.05, 4.69) is 0 Å². The van der Waals surface area contributed by atoms with E-state index in [0.717, 1.165) is 6.07 Å². The van der Waals surface area contributed by atoms with Crippen molar-refractivity contribution in [1.82, 2.24) is 0 Å². The molecule has 0 bridgehead atoms. The minimum atomic E-state index is -0.664. The molecule has 0 saturated heterocycles. The lowest BCUT2D eigenvalue weighted by Gasteiger charge is -2.07. The number of nitrogens with zero attached hydrogens (tertiary/aromatic N) is 3. The molecule has 0 aromatic heterocycles. The summed E-state index contributed by atoms with van der Waals surface area (Å²) in [5.74, 6) is 0.0594. The van der Waals surface area contributed by atoms with Crippen molar-refractivity contribution in [3.8, 4) is 17.9 Å². The van der Waals surface area contributed by atoms with E-state index in [1.54, 1.807) is 0 Å². The van der Waals surface area contributed by atoms with E-state index in [9.17, 15) is 10.1 Å². The maximum atomic E-state index is 10.8. The van der Waals surface area contributed by atoms with Crippen LogP contribution in [0.15, 0.2) is 18.2 Å². The van der Waals surface area contributed by atoms with Crippen molar-refractivity contribution in [3.05, 3.63) is 33.9 Å². The van der Waals surface area contributed by atoms with Crippen molar-refractivity contribution in [2.75, 3.05) is 6.61 Å². The topological polar surface area (TPSA) is 126 Å². The molecule has 1 unspecified atom stereocenters. The van der Waals surface area contributed by atoms with Crippen LogP contribution in [0.1, 0.15) is 12.0 Å². The quantitative estimate of drug-likeness (QED) is 0.612. The average Bonchev–Trinajstić information content (AvgIpc) is 2.38. The first-order chi connectivity index (χ1) is 8.58. The number of hydrogen-bond donors (Lipinski definition) is 1. The molecule has 0 fully saturated rings. The van der Waals surface area contributed by atoms with Crippen LogP contribution in [-0.2, 0) is 0 Å². The van der Waals surface area contributed by atoms with Gasteiger partial charge in [0.05, 0.1) is 35.3 Å². The maximum absolute atomic E-state index is 10.8. The van der Waals surface area contributed by atoms with Crippen molar-refractivity contribution in [3.63, 3.8) is 0 Å². The maximum Gasteiger partial charge on any atom is 0.312 e. The smallest absolute Gasteiger partial charge is 0.312 e. The zero-order valence-corrected chi connectivity index (χ0v) is 9.37. The first kappa shape index (κ1) is 13.4. The number of nitro groups is 1. The monoisotopic (exact) mass is 246 g/mol. The first-order valence-corrected chi connectivity index (χ1v) is 5.05. The Morgan fingerprint density at radius 3 is 2.78 bits per heavy atom. The molecule has 7 nitrogen and oxygen atoms in total. The van der Waals surface area contributed by atoms with Crippen LogP contribution in [0.25, 0.3) is 0 Å². The molecule has 2 N–H and O–H groups in total. The number of nitro benzene ring substituents is 1. The summed E-state index contributed by atoms with van der Waals surface area (Å²) in [4.78, 5) is 10.2. The fourth-order valence-electron chi connectivity index (χ4n) is 1.21. The average molecular weight is 246 g/mol. The van der Waals surface area contributed by atoms with Crippen LogP contribution in [0.4, 0.5) is 5.69 Å². The SMILES string of the molecule is N#Cc1ccc(OCCC(N)C#N)c([N+](=O)[O-])c1. The summed E-state index contributed by atoms with van der Waals surface area (Å²) >= 11 is 0. The van der Waals surface area contributed by atoms with Crippen LogP contribution in [0.2, 0.25) is 0 Å². The Bertz CT molecular complexity index is 530. The van der Waals surface area contributed by atoms with Gasteiger partial charge in [0.25, 0.3) is 0 Å². The number of rotatable bonds is 5. The van der Waals surface area contributed by atoms with Gasteiger partial charge in [-0.3, -0.25) is 10.1 Å². The van der Waals surface area contributed by atoms with E-state index < -0.39 is 11.0 Å². The zero-order valence-electron chi connectivity index (χ0n) is 9.37. The van der Waals surface area contributed by atoms with Crippen LogP contribution < -0.4 is 10.5 Å². The van der Waals surface area contributed by atoms with Gasteiger partial charge in [-0.2, -0.15) is 10.5 Å². The molecule has 7 heteroatoms. The van der Waals surface area contributed by atoms with Crippen LogP contribution in [0.5, 0.6) is 5.75 Å². The van der Waals surface area contributed by atoms with E-state index in [0.29, 0.717) is 0 Å². The minimum Gasteiger partial charge on any atom is -0.487 e. The Kier molecular flexibility index (Phi) is 4.61. The highest BCUT2D eigenvalue weighted by molar-refractivity contribution is 5.51. The third kappa shape index (κ3) is 3.44. The standard InChI is InChI=1S/C11H10N4O3/c12-6-8-1-2-11(10(5-8)15(16)17)18-4-3-9(14)7-13/h1-2,5,9H,3-4,14H2. The molecule has 0 aliphatic carbocycles. The molecule has 92 valence electrons. The summed E-state index contributed by atoms with van der Waals surface area (Å²) in [7, 11) is 0. The Balaban J connectivity index is 2.80. The van der Waals surface area contributed by atoms with Gasteiger partial charge in [0.15, 0.2) is 5.75 Å². The molecular formula is C11H10N4O3. The van der Waals surface area contributed by atoms with Crippen molar-refractivity contribution in [1.29, 1.82) is 10.5 Å². The summed E-state index contributed by atoms with van der Waals surface area (Å²) < 4.78 is 5.19. The predicted molar refractivity (Wildman–Crippen MR) is 61.5 cm³/mol. The highest BCUT2D eigenvalue weighted by Crippen LogP contribution is 2.27. The summed E-state index contributed by atoms with van der Waals surface area (Å²) in [5, 5.41) is 27.9. The molecular weight excluding hydrogens is 236 g/mol. The van der Waals surface area contributed by atoms with E-state index >= 15 is 0 Å². The lowest BCUT2D eigenvalue weighted by Crippen LogP contribution is -2.20. The van der Waals surface area contributed by atoms with Crippen molar-refractivity contribution < 1.29 is 9.66 Å². The highest BCUT2D eigenvalue weighted by atomic mass is 16.6. The molecule has 1 aromatic rings. The van der Waals surface area contributed by atoms with Gasteiger partial charge in [0.1, 0.15) is 0 Å². The van der Waals surface area contributed by atoms with Gasteiger partial charge in [0.2, 0.25) is 0 Å². The van der Waals surface area contributed by atoms with Crippen molar-refractivity contribution in [2.45, 2.75) is 12.5 Å². The van der Waals surface area contributed by atoms with Crippen LogP contribution >= 0.6 is 0 Å².